The van der Waals surface area contributed by atoms with Gasteiger partial charge in [0.15, 0.2) is 0 Å². The minimum atomic E-state index is -2.26. The fourth-order valence-corrected chi connectivity index (χ4v) is 3.33. The van der Waals surface area contributed by atoms with E-state index in [0.29, 0.717) is 5.69 Å². The van der Waals surface area contributed by atoms with Crippen molar-refractivity contribution in [3.05, 3.63) is 75.6 Å². The zero-order valence-corrected chi connectivity index (χ0v) is 13.6. The van der Waals surface area contributed by atoms with Gasteiger partial charge in [-0.25, -0.2) is 4.39 Å². The molecule has 1 aliphatic heterocycles. The van der Waals surface area contributed by atoms with Crippen LogP contribution in [-0.2, 0) is 16.9 Å². The summed E-state index contributed by atoms with van der Waals surface area (Å²) in [5.41, 5.74) is -1.46. The summed E-state index contributed by atoms with van der Waals surface area (Å²) in [7, 11) is 0. The molecule has 1 heterocycles. The number of carbonyl (C=O) groups excluding carboxylic acids is 1. The number of carbonyl (C=O) groups is 1. The molecule has 2 aromatic rings. The molecule has 1 amide bonds. The number of halogens is 1. The summed E-state index contributed by atoms with van der Waals surface area (Å²) in [6.07, 6.45) is -0.0168. The second kappa shape index (κ2) is 6.25. The molecular formula is C18H17FN2O4. The molecule has 6 nitrogen and oxygen atoms in total. The second-order valence-electron chi connectivity index (χ2n) is 5.98. The number of rotatable bonds is 5. The molecule has 0 aromatic heterocycles. The van der Waals surface area contributed by atoms with Gasteiger partial charge in [-0.1, -0.05) is 43.3 Å². The topological polar surface area (TPSA) is 83.7 Å². The highest BCUT2D eigenvalue weighted by atomic mass is 19.1. The molecule has 0 saturated heterocycles. The van der Waals surface area contributed by atoms with Crippen LogP contribution in [0.15, 0.2) is 48.5 Å². The van der Waals surface area contributed by atoms with Crippen molar-refractivity contribution in [3.8, 4) is 0 Å². The summed E-state index contributed by atoms with van der Waals surface area (Å²) in [5, 5.41) is 22.4. The number of hydrogen-bond acceptors (Lipinski definition) is 4. The molecule has 0 bridgehead atoms. The van der Waals surface area contributed by atoms with Gasteiger partial charge < -0.3 is 10.0 Å². The lowest BCUT2D eigenvalue weighted by atomic mass is 9.86. The molecule has 2 aromatic carbocycles. The van der Waals surface area contributed by atoms with Crippen LogP contribution in [0.2, 0.25) is 0 Å². The summed E-state index contributed by atoms with van der Waals surface area (Å²) >= 11 is 0. The number of fused-ring (bicyclic) bond motifs is 1. The number of benzene rings is 2. The van der Waals surface area contributed by atoms with Crippen molar-refractivity contribution < 1.29 is 19.2 Å². The zero-order chi connectivity index (χ0) is 18.2. The molecule has 130 valence electrons. The molecule has 0 spiro atoms. The lowest BCUT2D eigenvalue weighted by molar-refractivity contribution is -0.543. The number of aliphatic hydroxyl groups is 1. The highest BCUT2D eigenvalue weighted by Gasteiger charge is 2.59. The van der Waals surface area contributed by atoms with Crippen molar-refractivity contribution in [1.29, 1.82) is 0 Å². The van der Waals surface area contributed by atoms with Gasteiger partial charge in [0.05, 0.1) is 12.2 Å². The van der Waals surface area contributed by atoms with E-state index in [0.717, 1.165) is 0 Å². The van der Waals surface area contributed by atoms with E-state index in [2.05, 4.69) is 0 Å². The van der Waals surface area contributed by atoms with Gasteiger partial charge in [-0.3, -0.25) is 14.9 Å². The van der Waals surface area contributed by atoms with E-state index < -0.39 is 28.3 Å². The first-order chi connectivity index (χ1) is 11.9. The zero-order valence-electron chi connectivity index (χ0n) is 13.6. The molecule has 0 unspecified atom stereocenters. The van der Waals surface area contributed by atoms with Gasteiger partial charge in [0.1, 0.15) is 5.82 Å². The van der Waals surface area contributed by atoms with Crippen molar-refractivity contribution in [2.45, 2.75) is 31.5 Å². The summed E-state index contributed by atoms with van der Waals surface area (Å²) in [6, 6.07) is 10.9. The summed E-state index contributed by atoms with van der Waals surface area (Å²) < 4.78 is 14.0. The van der Waals surface area contributed by atoms with E-state index in [1.807, 2.05) is 0 Å². The van der Waals surface area contributed by atoms with Gasteiger partial charge in [-0.05, 0) is 12.1 Å². The summed E-state index contributed by atoms with van der Waals surface area (Å²) in [4.78, 5) is 24.9. The van der Waals surface area contributed by atoms with Gasteiger partial charge >= 0.3 is 0 Å². The molecular weight excluding hydrogens is 327 g/mol. The standard InChI is InChI=1S/C18H17FN2O4/c1-2-16(21(24)25)18(23)13-8-4-6-10-15(13)20(17(18)22)11-12-7-3-5-9-14(12)19/h3-10,16,23H,2,11H2,1H3/t16-,18+/m1/s1. The third-order valence-corrected chi connectivity index (χ3v) is 4.59. The van der Waals surface area contributed by atoms with Crippen molar-refractivity contribution >= 4 is 11.6 Å². The molecule has 0 fully saturated rings. The maximum absolute atomic E-state index is 14.0. The average Bonchev–Trinajstić information content (AvgIpc) is 2.80. The first kappa shape index (κ1) is 17.0. The maximum Gasteiger partial charge on any atom is 0.271 e. The van der Waals surface area contributed by atoms with Crippen LogP contribution >= 0.6 is 0 Å². The van der Waals surface area contributed by atoms with Crippen LogP contribution < -0.4 is 4.90 Å². The van der Waals surface area contributed by atoms with Crippen LogP contribution in [0.3, 0.4) is 0 Å². The van der Waals surface area contributed by atoms with Crippen LogP contribution in [0.25, 0.3) is 0 Å². The Morgan fingerprint density at radius 2 is 1.88 bits per heavy atom. The smallest absolute Gasteiger partial charge is 0.271 e. The number of para-hydroxylation sites is 1. The molecule has 3 rings (SSSR count). The summed E-state index contributed by atoms with van der Waals surface area (Å²) in [5.74, 6) is -1.29. The molecule has 1 aliphatic rings. The van der Waals surface area contributed by atoms with Gasteiger partial charge in [0.2, 0.25) is 5.60 Å². The Morgan fingerprint density at radius 3 is 2.52 bits per heavy atom. The Morgan fingerprint density at radius 1 is 1.24 bits per heavy atom. The first-order valence-corrected chi connectivity index (χ1v) is 7.92. The highest BCUT2D eigenvalue weighted by Crippen LogP contribution is 2.44. The molecule has 1 N–H and O–H groups in total. The number of hydrogen-bond donors (Lipinski definition) is 1. The predicted molar refractivity (Wildman–Crippen MR) is 89.0 cm³/mol. The van der Waals surface area contributed by atoms with E-state index in [4.69, 9.17) is 0 Å². The van der Waals surface area contributed by atoms with Crippen LogP contribution in [0.4, 0.5) is 10.1 Å². The number of amides is 1. The minimum absolute atomic E-state index is 0.0168. The normalized spacial score (nSPS) is 20.4. The Balaban J connectivity index is 2.10. The van der Waals surface area contributed by atoms with Crippen LogP contribution in [0.5, 0.6) is 0 Å². The van der Waals surface area contributed by atoms with E-state index in [1.54, 1.807) is 31.2 Å². The van der Waals surface area contributed by atoms with Crippen molar-refractivity contribution in [3.63, 3.8) is 0 Å². The molecule has 2 atom stereocenters. The minimum Gasteiger partial charge on any atom is -0.370 e. The lowest BCUT2D eigenvalue weighted by Crippen LogP contribution is -2.51. The van der Waals surface area contributed by atoms with E-state index in [1.165, 1.54) is 29.2 Å². The molecule has 0 saturated carbocycles. The van der Waals surface area contributed by atoms with Gasteiger partial charge in [0, 0.05) is 22.5 Å². The monoisotopic (exact) mass is 344 g/mol. The number of anilines is 1. The van der Waals surface area contributed by atoms with Crippen molar-refractivity contribution in [2.24, 2.45) is 0 Å². The fraction of sp³-hybridized carbons (Fsp3) is 0.278. The Bertz CT molecular complexity index is 841. The third kappa shape index (κ3) is 2.56. The average molecular weight is 344 g/mol. The largest absolute Gasteiger partial charge is 0.370 e. The van der Waals surface area contributed by atoms with Gasteiger partial charge in [-0.15, -0.1) is 0 Å². The molecule has 7 heteroatoms. The number of nitrogens with zero attached hydrogens (tertiary/aromatic N) is 2. The Hall–Kier alpha value is -2.80. The van der Waals surface area contributed by atoms with E-state index in [9.17, 15) is 24.4 Å². The molecule has 0 aliphatic carbocycles. The second-order valence-corrected chi connectivity index (χ2v) is 5.98. The fourth-order valence-electron chi connectivity index (χ4n) is 3.33. The van der Waals surface area contributed by atoms with Crippen molar-refractivity contribution in [1.82, 2.24) is 0 Å². The Kier molecular flexibility index (Phi) is 4.26. The predicted octanol–water partition coefficient (Wildman–Crippen LogP) is 2.62. The van der Waals surface area contributed by atoms with E-state index in [-0.39, 0.29) is 24.1 Å². The Labute approximate surface area is 143 Å². The van der Waals surface area contributed by atoms with Crippen LogP contribution in [0.1, 0.15) is 24.5 Å². The third-order valence-electron chi connectivity index (χ3n) is 4.59. The van der Waals surface area contributed by atoms with Crippen LogP contribution in [-0.4, -0.2) is 22.0 Å². The maximum atomic E-state index is 14.0. The lowest BCUT2D eigenvalue weighted by Gasteiger charge is -2.25. The highest BCUT2D eigenvalue weighted by molar-refractivity contribution is 6.07. The van der Waals surface area contributed by atoms with Gasteiger partial charge in [-0.2, -0.15) is 0 Å². The van der Waals surface area contributed by atoms with Crippen LogP contribution in [0, 0.1) is 15.9 Å². The number of nitro groups is 1. The first-order valence-electron chi connectivity index (χ1n) is 7.92. The summed E-state index contributed by atoms with van der Waals surface area (Å²) in [6.45, 7) is 1.43. The molecule has 0 radical (unpaired) electrons. The molecule has 25 heavy (non-hydrogen) atoms. The van der Waals surface area contributed by atoms with Crippen molar-refractivity contribution in [2.75, 3.05) is 4.90 Å². The van der Waals surface area contributed by atoms with E-state index >= 15 is 0 Å². The quantitative estimate of drug-likeness (QED) is 0.667. The SMILES string of the molecule is CC[C@@H]([N+](=O)[O-])[C@]1(O)C(=O)N(Cc2ccccc2F)c2ccccc21. The van der Waals surface area contributed by atoms with Gasteiger partial charge in [0.25, 0.3) is 11.9 Å².